The maximum absolute atomic E-state index is 14.0. The van der Waals surface area contributed by atoms with E-state index < -0.39 is 28.8 Å². The zero-order chi connectivity index (χ0) is 25.7. The van der Waals surface area contributed by atoms with Crippen LogP contribution in [0.3, 0.4) is 0 Å². The highest BCUT2D eigenvalue weighted by Crippen LogP contribution is 2.34. The molecule has 0 spiro atoms. The van der Waals surface area contributed by atoms with Gasteiger partial charge < -0.3 is 9.87 Å². The van der Waals surface area contributed by atoms with Crippen LogP contribution in [0.5, 0.6) is 0 Å². The molecule has 36 heavy (non-hydrogen) atoms. The molecule has 7 nitrogen and oxygen atoms in total. The van der Waals surface area contributed by atoms with Crippen LogP contribution in [0.4, 0.5) is 20.3 Å². The minimum absolute atomic E-state index is 0.0500. The Hall–Kier alpha value is -2.81. The zero-order valence-electron chi connectivity index (χ0n) is 18.5. The van der Waals surface area contributed by atoms with Crippen LogP contribution >= 0.6 is 34.3 Å². The summed E-state index contributed by atoms with van der Waals surface area (Å²) in [6.07, 6.45) is 0.345. The summed E-state index contributed by atoms with van der Waals surface area (Å²) in [4.78, 5) is 13.1. The molecule has 0 radical (unpaired) electrons. The molecule has 4 rings (SSSR count). The molecule has 0 aliphatic carbocycles. The monoisotopic (exact) mass is 639 g/mol. The van der Waals surface area contributed by atoms with E-state index in [0.29, 0.717) is 16.5 Å². The molecule has 0 saturated heterocycles. The summed E-state index contributed by atoms with van der Waals surface area (Å²) in [6, 6.07) is 17.3. The van der Waals surface area contributed by atoms with Gasteiger partial charge in [-0.2, -0.15) is 8.75 Å². The number of aromatic nitrogens is 2. The van der Waals surface area contributed by atoms with Gasteiger partial charge in [-0.3, -0.25) is 13.3 Å². The van der Waals surface area contributed by atoms with E-state index in [1.807, 2.05) is 30.3 Å². The van der Waals surface area contributed by atoms with E-state index in [9.17, 15) is 22.3 Å². The fourth-order valence-corrected chi connectivity index (χ4v) is 5.15. The van der Waals surface area contributed by atoms with Crippen molar-refractivity contribution >= 4 is 63.0 Å². The van der Waals surface area contributed by atoms with Gasteiger partial charge in [0.2, 0.25) is 0 Å². The second-order valence-electron chi connectivity index (χ2n) is 7.61. The predicted molar refractivity (Wildman–Crippen MR) is 142 cm³/mol. The molecular formula is C24H18F2IN4O3S2-. The highest BCUT2D eigenvalue weighted by molar-refractivity contribution is 14.1. The third kappa shape index (κ3) is 6.11. The number of hydrogen-bond donors (Lipinski definition) is 1. The van der Waals surface area contributed by atoms with Crippen LogP contribution in [0.2, 0.25) is 0 Å². The number of alkyl halides is 1. The zero-order valence-corrected chi connectivity index (χ0v) is 22.3. The van der Waals surface area contributed by atoms with Gasteiger partial charge in [-0.1, -0.05) is 65.1 Å². The lowest BCUT2D eigenvalue weighted by atomic mass is 10.1. The number of anilines is 2. The SMILES string of the molecule is O=C(NCc1ccc(F)cc1F)c1ccc(CI)cc1N(c1nsnc1Cc1ccccc1)S(=O)[O-]. The summed E-state index contributed by atoms with van der Waals surface area (Å²) >= 11 is 0.173. The topological polar surface area (TPSA) is 98.2 Å². The molecule has 0 fully saturated rings. The van der Waals surface area contributed by atoms with Crippen LogP contribution in [0.15, 0.2) is 66.7 Å². The van der Waals surface area contributed by atoms with E-state index in [-0.39, 0.29) is 29.2 Å². The van der Waals surface area contributed by atoms with Crippen molar-refractivity contribution in [2.75, 3.05) is 4.31 Å². The van der Waals surface area contributed by atoms with Crippen molar-refractivity contribution in [2.45, 2.75) is 17.4 Å². The number of rotatable bonds is 9. The van der Waals surface area contributed by atoms with Crippen molar-refractivity contribution in [3.63, 3.8) is 0 Å². The average molecular weight is 639 g/mol. The quantitative estimate of drug-likeness (QED) is 0.154. The van der Waals surface area contributed by atoms with Gasteiger partial charge in [0.25, 0.3) is 5.91 Å². The van der Waals surface area contributed by atoms with Gasteiger partial charge >= 0.3 is 0 Å². The van der Waals surface area contributed by atoms with Gasteiger partial charge in [0.05, 0.1) is 34.2 Å². The number of hydrogen-bond acceptors (Lipinski definition) is 6. The van der Waals surface area contributed by atoms with Crippen molar-refractivity contribution in [3.8, 4) is 0 Å². The Bertz CT molecular complexity index is 1410. The smallest absolute Gasteiger partial charge is 0.253 e. The fourth-order valence-electron chi connectivity index (χ4n) is 3.48. The number of benzene rings is 3. The third-order valence-electron chi connectivity index (χ3n) is 5.23. The van der Waals surface area contributed by atoms with Crippen LogP contribution in [0.25, 0.3) is 0 Å². The Morgan fingerprint density at radius 1 is 1.06 bits per heavy atom. The summed E-state index contributed by atoms with van der Waals surface area (Å²) in [5.41, 5.74) is 2.38. The van der Waals surface area contributed by atoms with E-state index in [1.54, 1.807) is 12.1 Å². The first-order chi connectivity index (χ1) is 17.4. The first-order valence-corrected chi connectivity index (χ1v) is 13.8. The maximum Gasteiger partial charge on any atom is 0.253 e. The Kier molecular flexibility index (Phi) is 8.72. The molecule has 0 bridgehead atoms. The maximum atomic E-state index is 14.0. The lowest BCUT2D eigenvalue weighted by Crippen LogP contribution is -2.28. The third-order valence-corrected chi connectivity index (χ3v) is 7.33. The molecule has 1 heterocycles. The molecule has 0 saturated carbocycles. The molecule has 1 atom stereocenters. The van der Waals surface area contributed by atoms with Crippen LogP contribution < -0.4 is 9.62 Å². The first kappa shape index (κ1) is 26.3. The molecule has 1 N–H and O–H groups in total. The second kappa shape index (κ2) is 12.0. The molecule has 4 aromatic rings. The van der Waals surface area contributed by atoms with Crippen molar-refractivity contribution in [3.05, 3.63) is 106 Å². The lowest BCUT2D eigenvalue weighted by molar-refractivity contribution is 0.0951. The lowest BCUT2D eigenvalue weighted by Gasteiger charge is -2.27. The molecular weight excluding hydrogens is 621 g/mol. The Morgan fingerprint density at radius 2 is 1.83 bits per heavy atom. The Morgan fingerprint density at radius 3 is 2.53 bits per heavy atom. The highest BCUT2D eigenvalue weighted by atomic mass is 127. The minimum Gasteiger partial charge on any atom is -0.755 e. The minimum atomic E-state index is -2.83. The summed E-state index contributed by atoms with van der Waals surface area (Å²) in [5, 5.41) is 2.58. The first-order valence-electron chi connectivity index (χ1n) is 10.5. The van der Waals surface area contributed by atoms with Crippen LogP contribution in [-0.2, 0) is 28.7 Å². The van der Waals surface area contributed by atoms with E-state index in [1.165, 1.54) is 12.1 Å². The number of nitrogens with zero attached hydrogens (tertiary/aromatic N) is 3. The van der Waals surface area contributed by atoms with Crippen molar-refractivity contribution in [2.24, 2.45) is 0 Å². The van der Waals surface area contributed by atoms with Gasteiger partial charge in [0.1, 0.15) is 17.3 Å². The molecule has 12 heteroatoms. The molecule has 0 aliphatic heterocycles. The average Bonchev–Trinajstić information content (AvgIpc) is 3.31. The van der Waals surface area contributed by atoms with Crippen LogP contribution in [-0.4, -0.2) is 23.4 Å². The molecule has 3 aromatic carbocycles. The number of carbonyl (C=O) groups excluding carboxylic acids is 1. The number of nitrogens with one attached hydrogen (secondary N) is 1. The van der Waals surface area contributed by atoms with E-state index >= 15 is 0 Å². The van der Waals surface area contributed by atoms with Gasteiger partial charge in [0, 0.05) is 29.0 Å². The van der Waals surface area contributed by atoms with Gasteiger partial charge in [-0.15, -0.1) is 0 Å². The Balaban J connectivity index is 1.69. The Labute approximate surface area is 226 Å². The van der Waals surface area contributed by atoms with E-state index in [0.717, 1.165) is 39.3 Å². The van der Waals surface area contributed by atoms with Crippen LogP contribution in [0, 0.1) is 11.6 Å². The fraction of sp³-hybridized carbons (Fsp3) is 0.125. The molecule has 0 aliphatic rings. The normalized spacial score (nSPS) is 11.8. The van der Waals surface area contributed by atoms with E-state index in [2.05, 4.69) is 36.7 Å². The second-order valence-corrected chi connectivity index (χ2v) is 9.70. The summed E-state index contributed by atoms with van der Waals surface area (Å²) in [5.74, 6) is -2.05. The largest absolute Gasteiger partial charge is 0.755 e. The van der Waals surface area contributed by atoms with Gasteiger partial charge in [-0.05, 0) is 29.3 Å². The van der Waals surface area contributed by atoms with Crippen LogP contribution in [0.1, 0.15) is 32.7 Å². The summed E-state index contributed by atoms with van der Waals surface area (Å²) in [7, 11) is 0. The molecule has 1 amide bonds. The number of halogens is 3. The standard InChI is InChI=1S/C24H19F2IN4O3S2/c25-18-8-7-17(20(26)12-18)14-28-24(32)19-9-6-16(13-27)11-22(19)31(36(33)34)23-21(29-35-30-23)10-15-4-2-1-3-5-15/h1-9,11-12H,10,13-14H2,(H,28,32)(H,33,34)/p-1. The van der Waals surface area contributed by atoms with Crippen molar-refractivity contribution in [1.29, 1.82) is 0 Å². The number of amides is 1. The molecule has 1 aromatic heterocycles. The predicted octanol–water partition coefficient (Wildman–Crippen LogP) is 5.20. The van der Waals surface area contributed by atoms with Gasteiger partial charge in [0.15, 0.2) is 5.82 Å². The molecule has 1 unspecified atom stereocenters. The highest BCUT2D eigenvalue weighted by Gasteiger charge is 2.25. The van der Waals surface area contributed by atoms with Crippen molar-refractivity contribution < 1.29 is 22.3 Å². The summed E-state index contributed by atoms with van der Waals surface area (Å²) in [6.45, 7) is -0.212. The van der Waals surface area contributed by atoms with Crippen molar-refractivity contribution in [1.82, 2.24) is 14.1 Å². The van der Waals surface area contributed by atoms with Gasteiger partial charge in [-0.25, -0.2) is 8.78 Å². The summed E-state index contributed by atoms with van der Waals surface area (Å²) < 4.78 is 62.2. The van der Waals surface area contributed by atoms with E-state index in [4.69, 9.17) is 0 Å². The number of carbonyl (C=O) groups is 1. The molecule has 186 valence electrons.